The molecule has 1 heterocycles. The minimum absolute atomic E-state index is 0.0470. The lowest BCUT2D eigenvalue weighted by Crippen LogP contribution is -2.52. The average molecular weight is 458 g/mol. The monoisotopic (exact) mass is 457 g/mol. The van der Waals surface area contributed by atoms with Gasteiger partial charge in [0.25, 0.3) is 11.8 Å². The summed E-state index contributed by atoms with van der Waals surface area (Å²) in [6, 6.07) is 5.19. The van der Waals surface area contributed by atoms with Gasteiger partial charge < -0.3 is 16.8 Å². The molecular formula is C23H31N5O3S. The molecule has 1 unspecified atom stereocenters. The van der Waals surface area contributed by atoms with Gasteiger partial charge in [-0.15, -0.1) is 0 Å². The van der Waals surface area contributed by atoms with Gasteiger partial charge in [-0.2, -0.15) is 4.37 Å². The smallest absolute Gasteiger partial charge is 0.272 e. The van der Waals surface area contributed by atoms with Crippen molar-refractivity contribution in [2.45, 2.75) is 71.4 Å². The molecule has 5 N–H and O–H groups in total. The Morgan fingerprint density at radius 1 is 1.25 bits per heavy atom. The van der Waals surface area contributed by atoms with E-state index >= 15 is 0 Å². The maximum atomic E-state index is 13.8. The Kier molecular flexibility index (Phi) is 7.50. The number of anilines is 2. The largest absolute Gasteiger partial charge is 0.395 e. The van der Waals surface area contributed by atoms with Crippen molar-refractivity contribution < 1.29 is 14.4 Å². The third-order valence-corrected chi connectivity index (χ3v) is 6.73. The molecule has 1 aliphatic carbocycles. The predicted octanol–water partition coefficient (Wildman–Crippen LogP) is 3.32. The number of benzene rings is 1. The Balaban J connectivity index is 2.07. The highest BCUT2D eigenvalue weighted by Crippen LogP contribution is 2.31. The number of hydrogen-bond acceptors (Lipinski definition) is 6. The normalized spacial score (nSPS) is 14.8. The Morgan fingerprint density at radius 3 is 2.53 bits per heavy atom. The summed E-state index contributed by atoms with van der Waals surface area (Å²) in [6.45, 7) is 5.82. The zero-order chi connectivity index (χ0) is 23.4. The highest BCUT2D eigenvalue weighted by molar-refractivity contribution is 7.09. The molecule has 32 heavy (non-hydrogen) atoms. The molecule has 0 aliphatic heterocycles. The van der Waals surface area contributed by atoms with Crippen LogP contribution in [0.3, 0.4) is 0 Å². The summed E-state index contributed by atoms with van der Waals surface area (Å²) in [5.41, 5.74) is 13.7. The highest BCUT2D eigenvalue weighted by atomic mass is 32.1. The first-order valence-electron chi connectivity index (χ1n) is 11.0. The first-order chi connectivity index (χ1) is 15.2. The van der Waals surface area contributed by atoms with E-state index in [-0.39, 0.29) is 28.2 Å². The summed E-state index contributed by atoms with van der Waals surface area (Å²) < 4.78 is 3.98. The van der Waals surface area contributed by atoms with Gasteiger partial charge in [0.05, 0.1) is 5.69 Å². The Morgan fingerprint density at radius 2 is 1.94 bits per heavy atom. The molecule has 0 saturated heterocycles. The second-order valence-corrected chi connectivity index (χ2v) is 9.17. The van der Waals surface area contributed by atoms with Crippen molar-refractivity contribution >= 4 is 40.6 Å². The lowest BCUT2D eigenvalue weighted by Gasteiger charge is -2.33. The van der Waals surface area contributed by atoms with Gasteiger partial charge >= 0.3 is 0 Å². The summed E-state index contributed by atoms with van der Waals surface area (Å²) >= 11 is 0.827. The van der Waals surface area contributed by atoms with Crippen molar-refractivity contribution in [2.75, 3.05) is 10.6 Å². The maximum absolute atomic E-state index is 13.8. The van der Waals surface area contributed by atoms with Crippen LogP contribution in [-0.4, -0.2) is 34.2 Å². The number of nitrogens with zero attached hydrogens (tertiary/aromatic N) is 2. The Hall–Kier alpha value is -2.94. The van der Waals surface area contributed by atoms with Crippen LogP contribution in [-0.2, 0) is 4.79 Å². The van der Waals surface area contributed by atoms with E-state index in [1.54, 1.807) is 0 Å². The van der Waals surface area contributed by atoms with Crippen molar-refractivity contribution in [3.05, 3.63) is 39.9 Å². The molecule has 172 valence electrons. The van der Waals surface area contributed by atoms with E-state index in [4.69, 9.17) is 11.5 Å². The number of amides is 3. The minimum Gasteiger partial charge on any atom is -0.395 e. The zero-order valence-electron chi connectivity index (χ0n) is 18.8. The molecule has 9 heteroatoms. The summed E-state index contributed by atoms with van der Waals surface area (Å²) in [5, 5.41) is 3.14. The van der Waals surface area contributed by atoms with E-state index in [1.807, 2.05) is 39.0 Å². The number of nitrogens with two attached hydrogens (primary N) is 2. The lowest BCUT2D eigenvalue weighted by molar-refractivity contribution is -0.123. The van der Waals surface area contributed by atoms with Crippen molar-refractivity contribution in [1.29, 1.82) is 0 Å². The van der Waals surface area contributed by atoms with E-state index in [1.165, 1.54) is 4.90 Å². The van der Waals surface area contributed by atoms with E-state index < -0.39 is 17.9 Å². The summed E-state index contributed by atoms with van der Waals surface area (Å²) in [6.07, 6.45) is 5.28. The number of rotatable bonds is 8. The van der Waals surface area contributed by atoms with E-state index in [2.05, 4.69) is 9.69 Å². The average Bonchev–Trinajstić information content (AvgIpc) is 3.39. The van der Waals surface area contributed by atoms with Crippen LogP contribution in [0.15, 0.2) is 18.2 Å². The van der Waals surface area contributed by atoms with Crippen LogP contribution < -0.4 is 21.7 Å². The van der Waals surface area contributed by atoms with Gasteiger partial charge in [0, 0.05) is 11.7 Å². The standard InChI is InChI=1S/C23H31N5O3S/c1-4-7-16(22(30)26-15-8-5-6-9-15)28(17-12-13(2)10-11-14(17)3)23(31)20-18(24)19(21(25)29)27-32-20/h10-12,15-16H,4-9,24H2,1-3H3,(H2,25,29)(H,26,30). The van der Waals surface area contributed by atoms with Gasteiger partial charge in [0.1, 0.15) is 10.9 Å². The van der Waals surface area contributed by atoms with Gasteiger partial charge in [-0.05, 0) is 61.8 Å². The van der Waals surface area contributed by atoms with Crippen molar-refractivity contribution in [3.63, 3.8) is 0 Å². The molecule has 8 nitrogen and oxygen atoms in total. The number of aromatic nitrogens is 1. The summed E-state index contributed by atoms with van der Waals surface area (Å²) in [5.74, 6) is -1.42. The number of nitrogens with one attached hydrogen (secondary N) is 1. The van der Waals surface area contributed by atoms with Gasteiger partial charge in [-0.3, -0.25) is 19.3 Å². The predicted molar refractivity (Wildman–Crippen MR) is 127 cm³/mol. The van der Waals surface area contributed by atoms with Crippen LogP contribution in [0.5, 0.6) is 0 Å². The third-order valence-electron chi connectivity index (χ3n) is 5.88. The van der Waals surface area contributed by atoms with E-state index in [0.29, 0.717) is 18.5 Å². The molecule has 1 aliphatic rings. The SMILES string of the molecule is CCCC(C(=O)NC1CCCC1)N(C(=O)c1snc(C(N)=O)c1N)c1cc(C)ccc1C. The number of carbonyl (C=O) groups is 3. The topological polar surface area (TPSA) is 131 Å². The molecule has 1 fully saturated rings. The molecule has 0 radical (unpaired) electrons. The number of carbonyl (C=O) groups excluding carboxylic acids is 3. The number of nitrogen functional groups attached to an aromatic ring is 1. The lowest BCUT2D eigenvalue weighted by atomic mass is 10.0. The van der Waals surface area contributed by atoms with Crippen LogP contribution in [0.2, 0.25) is 0 Å². The van der Waals surface area contributed by atoms with Crippen molar-refractivity contribution in [2.24, 2.45) is 5.73 Å². The zero-order valence-corrected chi connectivity index (χ0v) is 19.6. The van der Waals surface area contributed by atoms with Crippen LogP contribution >= 0.6 is 11.5 Å². The first kappa shape index (κ1) is 23.7. The molecular weight excluding hydrogens is 426 g/mol. The van der Waals surface area contributed by atoms with Gasteiger partial charge in [0.15, 0.2) is 5.69 Å². The minimum atomic E-state index is -0.792. The second kappa shape index (κ2) is 10.1. The fourth-order valence-electron chi connectivity index (χ4n) is 4.15. The van der Waals surface area contributed by atoms with Crippen molar-refractivity contribution in [3.8, 4) is 0 Å². The summed E-state index contributed by atoms with van der Waals surface area (Å²) in [4.78, 5) is 40.5. The molecule has 0 spiro atoms. The molecule has 1 aromatic carbocycles. The van der Waals surface area contributed by atoms with Gasteiger partial charge in [-0.1, -0.05) is 38.3 Å². The maximum Gasteiger partial charge on any atom is 0.272 e. The molecule has 1 aromatic heterocycles. The van der Waals surface area contributed by atoms with Gasteiger partial charge in [-0.25, -0.2) is 0 Å². The number of hydrogen-bond donors (Lipinski definition) is 3. The third kappa shape index (κ3) is 4.93. The summed E-state index contributed by atoms with van der Waals surface area (Å²) in [7, 11) is 0. The van der Waals surface area contributed by atoms with Crippen LogP contribution in [0.1, 0.15) is 76.7 Å². The molecule has 3 amide bonds. The van der Waals surface area contributed by atoms with E-state index in [0.717, 1.165) is 48.3 Å². The fourth-order valence-corrected chi connectivity index (χ4v) is 4.90. The second-order valence-electron chi connectivity index (χ2n) is 8.40. The molecule has 1 saturated carbocycles. The molecule has 2 aromatic rings. The highest BCUT2D eigenvalue weighted by Gasteiger charge is 2.36. The van der Waals surface area contributed by atoms with Crippen LogP contribution in [0, 0.1) is 13.8 Å². The molecule has 0 bridgehead atoms. The molecule has 3 rings (SSSR count). The van der Waals surface area contributed by atoms with Crippen LogP contribution in [0.25, 0.3) is 0 Å². The Labute approximate surface area is 192 Å². The number of aryl methyl sites for hydroxylation is 2. The van der Waals surface area contributed by atoms with E-state index in [9.17, 15) is 14.4 Å². The van der Waals surface area contributed by atoms with Crippen LogP contribution in [0.4, 0.5) is 11.4 Å². The van der Waals surface area contributed by atoms with Gasteiger partial charge in [0.2, 0.25) is 5.91 Å². The first-order valence-corrected chi connectivity index (χ1v) is 11.8. The fraction of sp³-hybridized carbons (Fsp3) is 0.478. The van der Waals surface area contributed by atoms with Crippen molar-refractivity contribution in [1.82, 2.24) is 9.69 Å². The molecule has 1 atom stereocenters. The Bertz CT molecular complexity index is 1010. The quantitative estimate of drug-likeness (QED) is 0.559. The number of primary amides is 1.